The number of hydrogen-bond donors (Lipinski definition) is 0. The number of benzene rings is 2. The van der Waals surface area contributed by atoms with E-state index in [4.69, 9.17) is 25.8 Å². The molecule has 1 aliphatic heterocycles. The highest BCUT2D eigenvalue weighted by molar-refractivity contribution is 8.13. The maximum absolute atomic E-state index is 13.1. The molecule has 0 aromatic heterocycles. The number of amidine groups is 1. The molecule has 0 bridgehead atoms. The zero-order valence-electron chi connectivity index (χ0n) is 15.9. The van der Waals surface area contributed by atoms with Crippen LogP contribution >= 0.6 is 23.4 Å². The largest absolute Gasteiger partial charge is 0.493 e. The van der Waals surface area contributed by atoms with Crippen LogP contribution in [0.4, 0.5) is 0 Å². The molecule has 0 unspecified atom stereocenters. The number of ether oxygens (including phenoxy) is 3. The Kier molecular flexibility index (Phi) is 6.70. The number of rotatable bonds is 6. The van der Waals surface area contributed by atoms with Crippen LogP contribution in [-0.2, 0) is 5.75 Å². The molecule has 2 aromatic rings. The van der Waals surface area contributed by atoms with Crippen molar-refractivity contribution in [2.24, 2.45) is 4.99 Å². The summed E-state index contributed by atoms with van der Waals surface area (Å²) < 4.78 is 16.0. The van der Waals surface area contributed by atoms with Crippen LogP contribution in [0.5, 0.6) is 17.2 Å². The molecule has 0 fully saturated rings. The summed E-state index contributed by atoms with van der Waals surface area (Å²) in [5, 5.41) is 1.38. The lowest BCUT2D eigenvalue weighted by Gasteiger charge is -2.20. The second-order valence-electron chi connectivity index (χ2n) is 5.95. The van der Waals surface area contributed by atoms with Crippen LogP contribution in [0.1, 0.15) is 15.9 Å². The van der Waals surface area contributed by atoms with Gasteiger partial charge in [0.05, 0.1) is 27.9 Å². The smallest absolute Gasteiger partial charge is 0.260 e. The van der Waals surface area contributed by atoms with E-state index in [0.29, 0.717) is 51.8 Å². The van der Waals surface area contributed by atoms with Gasteiger partial charge in [0, 0.05) is 22.9 Å². The zero-order chi connectivity index (χ0) is 20.1. The Morgan fingerprint density at radius 3 is 2.46 bits per heavy atom. The first-order valence-corrected chi connectivity index (χ1v) is 9.97. The lowest BCUT2D eigenvalue weighted by Crippen LogP contribution is -2.32. The second-order valence-corrected chi connectivity index (χ2v) is 7.33. The van der Waals surface area contributed by atoms with Crippen LogP contribution in [0.25, 0.3) is 0 Å². The number of nitrogens with zero attached hydrogens (tertiary/aromatic N) is 2. The Morgan fingerprint density at radius 2 is 1.86 bits per heavy atom. The van der Waals surface area contributed by atoms with E-state index in [1.165, 1.54) is 33.1 Å². The van der Waals surface area contributed by atoms with Crippen molar-refractivity contribution in [3.05, 3.63) is 52.5 Å². The summed E-state index contributed by atoms with van der Waals surface area (Å²) in [6.45, 7) is 1.11. The number of hydrogen-bond acceptors (Lipinski definition) is 6. The van der Waals surface area contributed by atoms with Crippen LogP contribution in [0.3, 0.4) is 0 Å². The summed E-state index contributed by atoms with van der Waals surface area (Å²) in [5.74, 6) is 1.85. The van der Waals surface area contributed by atoms with Crippen LogP contribution < -0.4 is 14.2 Å². The van der Waals surface area contributed by atoms with Crippen LogP contribution in [0.2, 0.25) is 5.02 Å². The molecule has 8 heteroatoms. The van der Waals surface area contributed by atoms with Gasteiger partial charge in [-0.25, -0.2) is 0 Å². The molecule has 1 aliphatic rings. The molecule has 28 heavy (non-hydrogen) atoms. The first kappa shape index (κ1) is 20.4. The number of carbonyl (C=O) groups is 1. The van der Waals surface area contributed by atoms with E-state index in [1.54, 1.807) is 17.0 Å². The van der Waals surface area contributed by atoms with E-state index in [2.05, 4.69) is 4.99 Å². The molecule has 0 atom stereocenters. The molecule has 3 rings (SSSR count). The van der Waals surface area contributed by atoms with Crippen molar-refractivity contribution in [2.45, 2.75) is 5.75 Å². The van der Waals surface area contributed by atoms with Gasteiger partial charge in [-0.05, 0) is 29.8 Å². The molecule has 0 aliphatic carbocycles. The Morgan fingerprint density at radius 1 is 1.14 bits per heavy atom. The van der Waals surface area contributed by atoms with E-state index >= 15 is 0 Å². The van der Waals surface area contributed by atoms with Gasteiger partial charge in [-0.15, -0.1) is 0 Å². The van der Waals surface area contributed by atoms with Crippen molar-refractivity contribution in [3.8, 4) is 17.2 Å². The van der Waals surface area contributed by atoms with Gasteiger partial charge in [0.1, 0.15) is 0 Å². The molecular weight excluding hydrogens is 400 g/mol. The maximum atomic E-state index is 13.1. The zero-order valence-corrected chi connectivity index (χ0v) is 17.5. The van der Waals surface area contributed by atoms with Gasteiger partial charge >= 0.3 is 0 Å². The number of amides is 1. The quantitative estimate of drug-likeness (QED) is 0.703. The average molecular weight is 421 g/mol. The predicted molar refractivity (Wildman–Crippen MR) is 112 cm³/mol. The van der Waals surface area contributed by atoms with Gasteiger partial charge < -0.3 is 14.2 Å². The third-order valence-electron chi connectivity index (χ3n) is 4.22. The molecule has 148 valence electrons. The molecule has 0 saturated heterocycles. The van der Waals surface area contributed by atoms with E-state index in [1.807, 2.05) is 24.3 Å². The van der Waals surface area contributed by atoms with Gasteiger partial charge in [-0.3, -0.25) is 14.7 Å². The van der Waals surface area contributed by atoms with E-state index < -0.39 is 0 Å². The molecule has 2 aromatic carbocycles. The minimum Gasteiger partial charge on any atom is -0.493 e. The van der Waals surface area contributed by atoms with Crippen molar-refractivity contribution in [1.29, 1.82) is 0 Å². The first-order valence-electron chi connectivity index (χ1n) is 8.61. The van der Waals surface area contributed by atoms with Gasteiger partial charge in [-0.1, -0.05) is 35.5 Å². The molecule has 6 nitrogen and oxygen atoms in total. The van der Waals surface area contributed by atoms with E-state index in [9.17, 15) is 4.79 Å². The van der Waals surface area contributed by atoms with Gasteiger partial charge in [0.15, 0.2) is 16.7 Å². The first-order chi connectivity index (χ1) is 13.6. The monoisotopic (exact) mass is 420 g/mol. The van der Waals surface area contributed by atoms with Gasteiger partial charge in [-0.2, -0.15) is 0 Å². The second kappa shape index (κ2) is 9.21. The summed E-state index contributed by atoms with van der Waals surface area (Å²) in [5.41, 5.74) is 1.53. The molecule has 0 saturated carbocycles. The molecule has 1 amide bonds. The summed E-state index contributed by atoms with van der Waals surface area (Å²) in [4.78, 5) is 19.3. The van der Waals surface area contributed by atoms with Crippen molar-refractivity contribution in [1.82, 2.24) is 4.90 Å². The lowest BCUT2D eigenvalue weighted by molar-refractivity contribution is 0.0860. The molecule has 1 heterocycles. The highest BCUT2D eigenvalue weighted by Crippen LogP contribution is 2.38. The predicted octanol–water partition coefficient (Wildman–Crippen LogP) is 4.11. The lowest BCUT2D eigenvalue weighted by atomic mass is 10.1. The third-order valence-corrected chi connectivity index (χ3v) is 5.54. The van der Waals surface area contributed by atoms with E-state index in [-0.39, 0.29) is 5.91 Å². The summed E-state index contributed by atoms with van der Waals surface area (Å²) in [7, 11) is 4.57. The highest BCUT2D eigenvalue weighted by atomic mass is 35.5. The fourth-order valence-corrected chi connectivity index (χ4v) is 4.07. The Labute approximate surface area is 173 Å². The van der Waals surface area contributed by atoms with Crippen LogP contribution in [0.15, 0.2) is 41.4 Å². The fourth-order valence-electron chi connectivity index (χ4n) is 2.87. The molecule has 0 radical (unpaired) electrons. The van der Waals surface area contributed by atoms with E-state index in [0.717, 1.165) is 5.56 Å². The number of thioether (sulfide) groups is 1. The minimum atomic E-state index is -0.158. The summed E-state index contributed by atoms with van der Waals surface area (Å²) >= 11 is 7.56. The van der Waals surface area contributed by atoms with Crippen molar-refractivity contribution >= 4 is 34.4 Å². The third kappa shape index (κ3) is 4.36. The summed E-state index contributed by atoms with van der Waals surface area (Å²) in [6.07, 6.45) is 0. The fraction of sp³-hybridized carbons (Fsp3) is 0.300. The standard InChI is InChI=1S/C20H21ClN2O4S/c1-25-16-10-14(11-17(26-2)18(16)27-3)19(24)23-8-7-22-20(23)28-12-13-5-4-6-15(21)9-13/h4-6,9-11H,7-8,12H2,1-3H3. The van der Waals surface area contributed by atoms with Crippen LogP contribution in [-0.4, -0.2) is 50.4 Å². The van der Waals surface area contributed by atoms with Crippen molar-refractivity contribution < 1.29 is 19.0 Å². The summed E-state index contributed by atoms with van der Waals surface area (Å²) in [6, 6.07) is 11.0. The Hall–Kier alpha value is -2.38. The van der Waals surface area contributed by atoms with Crippen LogP contribution in [0, 0.1) is 0 Å². The highest BCUT2D eigenvalue weighted by Gasteiger charge is 2.27. The number of halogens is 1. The molecule has 0 spiro atoms. The number of carbonyl (C=O) groups excluding carboxylic acids is 1. The van der Waals surface area contributed by atoms with Crippen molar-refractivity contribution in [3.63, 3.8) is 0 Å². The Bertz CT molecular complexity index is 879. The molecule has 0 N–H and O–H groups in total. The van der Waals surface area contributed by atoms with Crippen molar-refractivity contribution in [2.75, 3.05) is 34.4 Å². The number of methoxy groups -OCH3 is 3. The number of aliphatic imine (C=N–C) groups is 1. The van der Waals surface area contributed by atoms with Gasteiger partial charge in [0.25, 0.3) is 5.91 Å². The average Bonchev–Trinajstić information content (AvgIpc) is 3.19. The normalized spacial score (nSPS) is 13.3. The van der Waals surface area contributed by atoms with Gasteiger partial charge in [0.2, 0.25) is 5.75 Å². The SMILES string of the molecule is COc1cc(C(=O)N2CCN=C2SCc2cccc(Cl)c2)cc(OC)c1OC. The Balaban J connectivity index is 1.79. The maximum Gasteiger partial charge on any atom is 0.260 e. The topological polar surface area (TPSA) is 60.4 Å². The minimum absolute atomic E-state index is 0.158. The molecular formula is C20H21ClN2O4S.